The number of nitro groups is 1. The molecule has 0 spiro atoms. The molecule has 8 nitrogen and oxygen atoms in total. The minimum atomic E-state index is -0.467. The van der Waals surface area contributed by atoms with Crippen molar-refractivity contribution in [2.75, 3.05) is 5.32 Å². The van der Waals surface area contributed by atoms with Crippen molar-refractivity contribution >= 4 is 28.4 Å². The van der Waals surface area contributed by atoms with Crippen molar-refractivity contribution in [3.05, 3.63) is 63.1 Å². The lowest BCUT2D eigenvalue weighted by atomic mass is 10.3. The Morgan fingerprint density at radius 1 is 1.29 bits per heavy atom. The van der Waals surface area contributed by atoms with Crippen molar-refractivity contribution in [1.82, 2.24) is 14.5 Å². The lowest BCUT2D eigenvalue weighted by Gasteiger charge is -2.10. The third-order valence-electron chi connectivity index (χ3n) is 3.48. The summed E-state index contributed by atoms with van der Waals surface area (Å²) < 4.78 is 1.59. The summed E-state index contributed by atoms with van der Waals surface area (Å²) in [5.41, 5.74) is 0.893. The number of benzene rings is 1. The molecule has 3 aromatic rings. The number of aromatic nitrogens is 3. The van der Waals surface area contributed by atoms with Gasteiger partial charge in [-0.25, -0.2) is 4.98 Å². The first-order chi connectivity index (χ1) is 11.6. The maximum Gasteiger partial charge on any atom is 0.271 e. The Morgan fingerprint density at radius 3 is 2.88 bits per heavy atom. The molecule has 122 valence electrons. The zero-order valence-electron chi connectivity index (χ0n) is 13.0. The van der Waals surface area contributed by atoms with Crippen LogP contribution in [-0.4, -0.2) is 19.5 Å². The summed E-state index contributed by atoms with van der Waals surface area (Å²) in [7, 11) is 0. The summed E-state index contributed by atoms with van der Waals surface area (Å²) in [6, 6.07) is 9.25. The molecule has 0 fully saturated rings. The number of fused-ring (bicyclic) bond motifs is 1. The summed E-state index contributed by atoms with van der Waals surface area (Å²) in [4.78, 5) is 31.0. The highest BCUT2D eigenvalue weighted by atomic mass is 16.6. The van der Waals surface area contributed by atoms with Gasteiger partial charge in [0.05, 0.1) is 4.92 Å². The van der Waals surface area contributed by atoms with E-state index in [-0.39, 0.29) is 17.2 Å². The van der Waals surface area contributed by atoms with Crippen LogP contribution in [-0.2, 0) is 6.54 Å². The van der Waals surface area contributed by atoms with Gasteiger partial charge in [-0.05, 0) is 18.6 Å². The monoisotopic (exact) mass is 325 g/mol. The fourth-order valence-electron chi connectivity index (χ4n) is 2.40. The van der Waals surface area contributed by atoms with Gasteiger partial charge in [-0.1, -0.05) is 13.0 Å². The molecule has 0 bridgehead atoms. The van der Waals surface area contributed by atoms with E-state index in [2.05, 4.69) is 15.3 Å². The highest BCUT2D eigenvalue weighted by molar-refractivity contribution is 5.75. The van der Waals surface area contributed by atoms with Crippen LogP contribution in [0.4, 0.5) is 17.3 Å². The maximum atomic E-state index is 12.0. The molecule has 0 aliphatic rings. The number of nitrogens with zero attached hydrogens (tertiary/aromatic N) is 4. The predicted molar refractivity (Wildman–Crippen MR) is 90.5 cm³/mol. The minimum Gasteiger partial charge on any atom is -0.324 e. The number of pyridine rings is 1. The largest absolute Gasteiger partial charge is 0.324 e. The third-order valence-corrected chi connectivity index (χ3v) is 3.48. The van der Waals surface area contributed by atoms with Crippen LogP contribution < -0.4 is 10.9 Å². The topological polar surface area (TPSA) is 103 Å². The molecule has 0 aliphatic heterocycles. The van der Waals surface area contributed by atoms with E-state index in [1.807, 2.05) is 6.92 Å². The SMILES string of the molecule is CCCn1c(=O)ccc2cnc(Nc3cccc([N+](=O)[O-])c3)nc21. The Balaban J connectivity index is 2.01. The minimum absolute atomic E-state index is 0.0244. The van der Waals surface area contributed by atoms with E-state index in [0.717, 1.165) is 11.8 Å². The third kappa shape index (κ3) is 3.07. The molecular formula is C16H15N5O3. The Bertz CT molecular complexity index is 967. The second-order valence-electron chi connectivity index (χ2n) is 5.23. The number of hydrogen-bond acceptors (Lipinski definition) is 6. The van der Waals surface area contributed by atoms with E-state index < -0.39 is 4.92 Å². The zero-order chi connectivity index (χ0) is 17.1. The second kappa shape index (κ2) is 6.45. The van der Waals surface area contributed by atoms with Crippen LogP contribution in [0.1, 0.15) is 13.3 Å². The van der Waals surface area contributed by atoms with E-state index in [4.69, 9.17) is 0 Å². The van der Waals surface area contributed by atoms with Crippen LogP contribution in [0.3, 0.4) is 0 Å². The molecule has 0 atom stereocenters. The first-order valence-corrected chi connectivity index (χ1v) is 7.46. The molecule has 0 saturated heterocycles. The second-order valence-corrected chi connectivity index (χ2v) is 5.23. The van der Waals surface area contributed by atoms with Crippen LogP contribution >= 0.6 is 0 Å². The molecule has 0 saturated carbocycles. The smallest absolute Gasteiger partial charge is 0.271 e. The van der Waals surface area contributed by atoms with Crippen LogP contribution in [0.25, 0.3) is 11.0 Å². The quantitative estimate of drug-likeness (QED) is 0.571. The van der Waals surface area contributed by atoms with Crippen molar-refractivity contribution in [3.8, 4) is 0 Å². The number of aryl methyl sites for hydroxylation is 1. The van der Waals surface area contributed by atoms with Gasteiger partial charge in [0.25, 0.3) is 11.2 Å². The van der Waals surface area contributed by atoms with Crippen LogP contribution in [0.15, 0.2) is 47.4 Å². The average molecular weight is 325 g/mol. The lowest BCUT2D eigenvalue weighted by molar-refractivity contribution is -0.384. The first-order valence-electron chi connectivity index (χ1n) is 7.46. The van der Waals surface area contributed by atoms with Gasteiger partial charge in [0.2, 0.25) is 5.95 Å². The molecule has 8 heteroatoms. The Labute approximate surface area is 136 Å². The molecule has 24 heavy (non-hydrogen) atoms. The predicted octanol–water partition coefficient (Wildman–Crippen LogP) is 2.85. The summed E-state index contributed by atoms with van der Waals surface area (Å²) in [6.45, 7) is 2.54. The normalized spacial score (nSPS) is 10.7. The van der Waals surface area contributed by atoms with Gasteiger partial charge in [0.1, 0.15) is 5.65 Å². The maximum absolute atomic E-state index is 12.0. The standard InChI is InChI=1S/C16H15N5O3/c1-2-8-20-14(22)7-6-11-10-17-16(19-15(11)20)18-12-4-3-5-13(9-12)21(23)24/h3-7,9-10H,2,8H2,1H3,(H,17,18,19). The molecule has 0 aliphatic carbocycles. The summed E-state index contributed by atoms with van der Waals surface area (Å²) in [6.07, 6.45) is 2.42. The Hall–Kier alpha value is -3.29. The van der Waals surface area contributed by atoms with Gasteiger partial charge in [-0.2, -0.15) is 4.98 Å². The summed E-state index contributed by atoms with van der Waals surface area (Å²) >= 11 is 0. The molecule has 1 aromatic carbocycles. The molecular weight excluding hydrogens is 310 g/mol. The zero-order valence-corrected chi connectivity index (χ0v) is 13.0. The number of non-ortho nitro benzene ring substituents is 1. The van der Waals surface area contributed by atoms with E-state index in [1.54, 1.807) is 29.0 Å². The van der Waals surface area contributed by atoms with Gasteiger partial charge >= 0.3 is 0 Å². The van der Waals surface area contributed by atoms with Crippen LogP contribution in [0.2, 0.25) is 0 Å². The highest BCUT2D eigenvalue weighted by Gasteiger charge is 2.09. The van der Waals surface area contributed by atoms with Crippen LogP contribution in [0.5, 0.6) is 0 Å². The number of nitro benzene ring substituents is 1. The number of anilines is 2. The summed E-state index contributed by atoms with van der Waals surface area (Å²) in [5.74, 6) is 0.276. The van der Waals surface area contributed by atoms with E-state index in [9.17, 15) is 14.9 Å². The Morgan fingerprint density at radius 2 is 2.12 bits per heavy atom. The van der Waals surface area contributed by atoms with Crippen molar-refractivity contribution in [1.29, 1.82) is 0 Å². The fraction of sp³-hybridized carbons (Fsp3) is 0.188. The Kier molecular flexibility index (Phi) is 4.19. The number of hydrogen-bond donors (Lipinski definition) is 1. The molecule has 2 heterocycles. The van der Waals surface area contributed by atoms with E-state index in [1.165, 1.54) is 18.2 Å². The molecule has 1 N–H and O–H groups in total. The molecule has 0 unspecified atom stereocenters. The fourth-order valence-corrected chi connectivity index (χ4v) is 2.40. The molecule has 2 aromatic heterocycles. The highest BCUT2D eigenvalue weighted by Crippen LogP contribution is 2.20. The number of rotatable bonds is 5. The van der Waals surface area contributed by atoms with Gasteiger partial charge in [0.15, 0.2) is 0 Å². The van der Waals surface area contributed by atoms with Gasteiger partial charge in [0, 0.05) is 42.0 Å². The lowest BCUT2D eigenvalue weighted by Crippen LogP contribution is -2.20. The molecule has 0 radical (unpaired) electrons. The van der Waals surface area contributed by atoms with Gasteiger partial charge in [-0.15, -0.1) is 0 Å². The average Bonchev–Trinajstić information content (AvgIpc) is 2.58. The van der Waals surface area contributed by atoms with E-state index >= 15 is 0 Å². The van der Waals surface area contributed by atoms with Gasteiger partial charge < -0.3 is 5.32 Å². The van der Waals surface area contributed by atoms with Crippen molar-refractivity contribution in [3.63, 3.8) is 0 Å². The number of nitrogens with one attached hydrogen (secondary N) is 1. The van der Waals surface area contributed by atoms with Crippen molar-refractivity contribution in [2.45, 2.75) is 19.9 Å². The first kappa shape index (κ1) is 15.6. The molecule has 3 rings (SSSR count). The van der Waals surface area contributed by atoms with Crippen molar-refractivity contribution < 1.29 is 4.92 Å². The summed E-state index contributed by atoms with van der Waals surface area (Å²) in [5, 5.41) is 14.5. The molecule has 0 amide bonds. The van der Waals surface area contributed by atoms with Crippen molar-refractivity contribution in [2.24, 2.45) is 0 Å². The van der Waals surface area contributed by atoms with Crippen LogP contribution in [0, 0.1) is 10.1 Å². The van der Waals surface area contributed by atoms with E-state index in [0.29, 0.717) is 17.9 Å². The van der Waals surface area contributed by atoms with Gasteiger partial charge in [-0.3, -0.25) is 19.5 Å².